The minimum atomic E-state index is -0.776. The van der Waals surface area contributed by atoms with Crippen LogP contribution in [0.5, 0.6) is 5.75 Å². The predicted octanol–water partition coefficient (Wildman–Crippen LogP) is 4.59. The number of hydrogen-bond donors (Lipinski definition) is 1. The number of methoxy groups -OCH3 is 1. The largest absolute Gasteiger partial charge is 0.497 e. The molecule has 0 fully saturated rings. The summed E-state index contributed by atoms with van der Waals surface area (Å²) >= 11 is 0. The number of esters is 1. The maximum Gasteiger partial charge on any atom is 0.408 e. The van der Waals surface area contributed by atoms with Gasteiger partial charge in [-0.25, -0.2) is 9.59 Å². The van der Waals surface area contributed by atoms with Gasteiger partial charge in [-0.1, -0.05) is 26.8 Å². The van der Waals surface area contributed by atoms with Crippen LogP contribution in [0, 0.1) is 12.8 Å². The molecule has 0 aliphatic rings. The minimum absolute atomic E-state index is 0.0100. The Morgan fingerprint density at radius 3 is 2.14 bits per heavy atom. The predicted molar refractivity (Wildman–Crippen MR) is 110 cm³/mol. The molecule has 0 saturated heterocycles. The second-order valence-corrected chi connectivity index (χ2v) is 8.52. The third kappa shape index (κ3) is 7.06. The van der Waals surface area contributed by atoms with Crippen molar-refractivity contribution in [2.45, 2.75) is 79.1 Å². The molecule has 0 bridgehead atoms. The van der Waals surface area contributed by atoms with Crippen LogP contribution in [0.1, 0.15) is 65.5 Å². The zero-order chi connectivity index (χ0) is 21.6. The average molecular weight is 394 g/mol. The van der Waals surface area contributed by atoms with Crippen LogP contribution in [-0.4, -0.2) is 36.9 Å². The van der Waals surface area contributed by atoms with E-state index in [1.807, 2.05) is 52.8 Å². The molecule has 6 heteroatoms. The smallest absolute Gasteiger partial charge is 0.408 e. The molecule has 0 aliphatic heterocycles. The lowest BCUT2D eigenvalue weighted by atomic mass is 9.92. The number of benzene rings is 1. The van der Waals surface area contributed by atoms with Gasteiger partial charge in [0.2, 0.25) is 0 Å². The van der Waals surface area contributed by atoms with E-state index in [1.54, 1.807) is 27.9 Å². The van der Waals surface area contributed by atoms with E-state index >= 15 is 0 Å². The first-order valence-electron chi connectivity index (χ1n) is 9.70. The summed E-state index contributed by atoms with van der Waals surface area (Å²) in [5.41, 5.74) is 1.52. The molecule has 0 unspecified atom stereocenters. The highest BCUT2D eigenvalue weighted by Gasteiger charge is 2.30. The van der Waals surface area contributed by atoms with Crippen molar-refractivity contribution >= 4 is 12.1 Å². The van der Waals surface area contributed by atoms with Gasteiger partial charge in [0.15, 0.2) is 0 Å². The molecule has 158 valence electrons. The highest BCUT2D eigenvalue weighted by atomic mass is 16.6. The summed E-state index contributed by atoms with van der Waals surface area (Å²) < 4.78 is 16.2. The number of alkyl carbamates (subject to hydrolysis) is 1. The van der Waals surface area contributed by atoms with Crippen LogP contribution >= 0.6 is 0 Å². The first-order chi connectivity index (χ1) is 12.9. The molecule has 0 radical (unpaired) electrons. The van der Waals surface area contributed by atoms with E-state index in [0.717, 1.165) is 16.9 Å². The van der Waals surface area contributed by atoms with Crippen LogP contribution in [0.15, 0.2) is 18.2 Å². The third-order valence-electron chi connectivity index (χ3n) is 4.57. The number of hydrogen-bond acceptors (Lipinski definition) is 5. The lowest BCUT2D eigenvalue weighted by Crippen LogP contribution is -2.48. The van der Waals surface area contributed by atoms with Gasteiger partial charge in [-0.3, -0.25) is 0 Å². The lowest BCUT2D eigenvalue weighted by Gasteiger charge is -2.28. The Bertz CT molecular complexity index is 678. The number of carbonyl (C=O) groups excluding carboxylic acids is 2. The molecule has 28 heavy (non-hydrogen) atoms. The van der Waals surface area contributed by atoms with Crippen molar-refractivity contribution in [2.75, 3.05) is 7.11 Å². The average Bonchev–Trinajstić information content (AvgIpc) is 2.56. The van der Waals surface area contributed by atoms with Crippen LogP contribution in [0.2, 0.25) is 0 Å². The van der Waals surface area contributed by atoms with Crippen molar-refractivity contribution in [1.82, 2.24) is 5.32 Å². The first-order valence-corrected chi connectivity index (χ1v) is 9.70. The fraction of sp³-hybridized carbons (Fsp3) is 0.636. The van der Waals surface area contributed by atoms with Crippen molar-refractivity contribution in [3.8, 4) is 5.75 Å². The Hall–Kier alpha value is -2.24. The third-order valence-corrected chi connectivity index (χ3v) is 4.57. The highest BCUT2D eigenvalue weighted by Crippen LogP contribution is 2.28. The minimum Gasteiger partial charge on any atom is -0.497 e. The van der Waals surface area contributed by atoms with E-state index < -0.39 is 23.7 Å². The normalized spacial score (nSPS) is 14.8. The van der Waals surface area contributed by atoms with Crippen molar-refractivity contribution in [1.29, 1.82) is 0 Å². The van der Waals surface area contributed by atoms with Gasteiger partial charge in [-0.15, -0.1) is 0 Å². The summed E-state index contributed by atoms with van der Waals surface area (Å²) in [7, 11) is 1.63. The van der Waals surface area contributed by atoms with E-state index in [2.05, 4.69) is 5.32 Å². The van der Waals surface area contributed by atoms with Gasteiger partial charge in [-0.05, 0) is 63.8 Å². The van der Waals surface area contributed by atoms with E-state index in [4.69, 9.17) is 14.2 Å². The molecular weight excluding hydrogens is 358 g/mol. The number of rotatable bonds is 7. The van der Waals surface area contributed by atoms with Crippen molar-refractivity contribution in [3.63, 3.8) is 0 Å². The van der Waals surface area contributed by atoms with Crippen LogP contribution in [-0.2, 0) is 14.3 Å². The molecule has 1 N–H and O–H groups in total. The number of amides is 1. The zero-order valence-electron chi connectivity index (χ0n) is 18.6. The molecule has 0 heterocycles. The van der Waals surface area contributed by atoms with Gasteiger partial charge in [0.25, 0.3) is 0 Å². The fourth-order valence-electron chi connectivity index (χ4n) is 2.83. The Morgan fingerprint density at radius 2 is 1.68 bits per heavy atom. The van der Waals surface area contributed by atoms with Gasteiger partial charge in [0.05, 0.1) is 7.11 Å². The summed E-state index contributed by atoms with van der Waals surface area (Å²) in [6.45, 7) is 14.9. The van der Waals surface area contributed by atoms with Gasteiger partial charge in [-0.2, -0.15) is 0 Å². The standard InChI is InChI=1S/C22H35NO5/c1-13(2)19(23-21(25)28-22(6,7)8)20(24)27-16(5)15(4)18-11-10-17(26-9)12-14(18)3/h10-13,15-16,19H,1-9H3,(H,23,25)/t15-,16+,19+/m1/s1. The Labute approximate surface area is 168 Å². The maximum absolute atomic E-state index is 12.7. The molecule has 1 rings (SSSR count). The molecule has 0 saturated carbocycles. The van der Waals surface area contributed by atoms with Crippen molar-refractivity contribution in [2.24, 2.45) is 5.92 Å². The molecular formula is C22H35NO5. The van der Waals surface area contributed by atoms with E-state index in [9.17, 15) is 9.59 Å². The van der Waals surface area contributed by atoms with Gasteiger partial charge in [0, 0.05) is 5.92 Å². The molecule has 1 aromatic rings. The fourth-order valence-corrected chi connectivity index (χ4v) is 2.83. The summed E-state index contributed by atoms with van der Waals surface area (Å²) in [6, 6.07) is 5.07. The quantitative estimate of drug-likeness (QED) is 0.686. The monoisotopic (exact) mass is 393 g/mol. The lowest BCUT2D eigenvalue weighted by molar-refractivity contribution is -0.153. The summed E-state index contributed by atoms with van der Waals surface area (Å²) in [5, 5.41) is 2.63. The Kier molecular flexibility index (Phi) is 8.33. The molecule has 0 aliphatic carbocycles. The van der Waals surface area contributed by atoms with Gasteiger partial charge < -0.3 is 19.5 Å². The Morgan fingerprint density at radius 1 is 1.07 bits per heavy atom. The van der Waals surface area contributed by atoms with E-state index in [-0.39, 0.29) is 17.9 Å². The van der Waals surface area contributed by atoms with Crippen LogP contribution < -0.4 is 10.1 Å². The number of nitrogens with one attached hydrogen (secondary N) is 1. The second-order valence-electron chi connectivity index (χ2n) is 8.52. The Balaban J connectivity index is 2.82. The first kappa shape index (κ1) is 23.8. The summed E-state index contributed by atoms with van der Waals surface area (Å²) in [5.74, 6) is 0.181. The molecule has 1 aromatic carbocycles. The van der Waals surface area contributed by atoms with Crippen molar-refractivity contribution < 1.29 is 23.8 Å². The van der Waals surface area contributed by atoms with Crippen LogP contribution in [0.4, 0.5) is 4.79 Å². The summed E-state index contributed by atoms with van der Waals surface area (Å²) in [4.78, 5) is 24.8. The van der Waals surface area contributed by atoms with Gasteiger partial charge >= 0.3 is 12.1 Å². The molecule has 3 atom stereocenters. The van der Waals surface area contributed by atoms with Crippen LogP contribution in [0.3, 0.4) is 0 Å². The maximum atomic E-state index is 12.7. The topological polar surface area (TPSA) is 73.9 Å². The highest BCUT2D eigenvalue weighted by molar-refractivity contribution is 5.81. The molecule has 0 spiro atoms. The van der Waals surface area contributed by atoms with E-state index in [1.165, 1.54) is 0 Å². The molecule has 6 nitrogen and oxygen atoms in total. The number of ether oxygens (including phenoxy) is 3. The summed E-state index contributed by atoms with van der Waals surface area (Å²) in [6.07, 6.45) is -0.990. The number of aryl methyl sites for hydroxylation is 1. The zero-order valence-corrected chi connectivity index (χ0v) is 18.6. The van der Waals surface area contributed by atoms with Crippen LogP contribution in [0.25, 0.3) is 0 Å². The van der Waals surface area contributed by atoms with E-state index in [0.29, 0.717) is 0 Å². The second kappa shape index (κ2) is 9.80. The SMILES string of the molecule is COc1ccc([C@H](C)[C@H](C)OC(=O)[C@@H](NC(=O)OC(C)(C)C)C(C)C)c(C)c1. The molecule has 0 aromatic heterocycles. The molecule has 1 amide bonds. The van der Waals surface area contributed by atoms with Gasteiger partial charge in [0.1, 0.15) is 23.5 Å². The number of carbonyl (C=O) groups is 2. The van der Waals surface area contributed by atoms with Crippen molar-refractivity contribution in [3.05, 3.63) is 29.3 Å².